The van der Waals surface area contributed by atoms with Crippen LogP contribution < -0.4 is 10.1 Å². The Morgan fingerprint density at radius 1 is 1.17 bits per heavy atom. The van der Waals surface area contributed by atoms with Crippen LogP contribution in [0.1, 0.15) is 33.2 Å². The molecule has 0 radical (unpaired) electrons. The largest absolute Gasteiger partial charge is 0.497 e. The number of methoxy groups -OCH3 is 1. The average Bonchev–Trinajstić information content (AvgIpc) is 2.69. The number of nitrogens with one attached hydrogen (secondary N) is 1. The van der Waals surface area contributed by atoms with E-state index in [1.807, 2.05) is 6.92 Å². The van der Waals surface area contributed by atoms with Crippen LogP contribution in [-0.2, 0) is 4.74 Å². The predicted octanol–water partition coefficient (Wildman–Crippen LogP) is 4.59. The first kappa shape index (κ1) is 22.0. The summed E-state index contributed by atoms with van der Waals surface area (Å²) >= 11 is 0. The number of halogens is 1. The SMILES string of the molecule is CCOC(=O)c1cnc2ccc(OC)cc2c1Nc1cc(C(=O)O)ccc1C.Cl. The number of anilines is 2. The van der Waals surface area contributed by atoms with Crippen molar-refractivity contribution < 1.29 is 24.2 Å². The monoisotopic (exact) mass is 416 g/mol. The second-order valence-electron chi connectivity index (χ2n) is 6.11. The number of ether oxygens (including phenoxy) is 2. The number of fused-ring (bicyclic) bond motifs is 1. The van der Waals surface area contributed by atoms with E-state index in [9.17, 15) is 14.7 Å². The normalized spacial score (nSPS) is 10.2. The fraction of sp³-hybridized carbons (Fsp3) is 0.190. The lowest BCUT2D eigenvalue weighted by Crippen LogP contribution is -2.10. The summed E-state index contributed by atoms with van der Waals surface area (Å²) in [6, 6.07) is 10.1. The van der Waals surface area contributed by atoms with E-state index in [1.165, 1.54) is 18.3 Å². The van der Waals surface area contributed by atoms with Crippen LogP contribution in [0.5, 0.6) is 5.75 Å². The maximum atomic E-state index is 12.5. The van der Waals surface area contributed by atoms with Gasteiger partial charge in [0.2, 0.25) is 0 Å². The topological polar surface area (TPSA) is 97.8 Å². The van der Waals surface area contributed by atoms with Gasteiger partial charge in [-0.05, 0) is 49.7 Å². The summed E-state index contributed by atoms with van der Waals surface area (Å²) in [4.78, 5) is 28.2. The lowest BCUT2D eigenvalue weighted by molar-refractivity contribution is 0.0526. The highest BCUT2D eigenvalue weighted by molar-refractivity contribution is 6.06. The predicted molar refractivity (Wildman–Crippen MR) is 113 cm³/mol. The molecule has 0 saturated heterocycles. The van der Waals surface area contributed by atoms with Crippen molar-refractivity contribution in [2.45, 2.75) is 13.8 Å². The van der Waals surface area contributed by atoms with Crippen molar-refractivity contribution in [2.24, 2.45) is 0 Å². The number of hydrogen-bond donors (Lipinski definition) is 2. The number of aromatic carboxylic acids is 1. The summed E-state index contributed by atoms with van der Waals surface area (Å²) in [7, 11) is 1.55. The van der Waals surface area contributed by atoms with Gasteiger partial charge in [-0.1, -0.05) is 6.07 Å². The highest BCUT2D eigenvalue weighted by Gasteiger charge is 2.18. The highest BCUT2D eigenvalue weighted by Crippen LogP contribution is 2.33. The minimum Gasteiger partial charge on any atom is -0.497 e. The first-order chi connectivity index (χ1) is 13.4. The number of nitrogens with zero attached hydrogens (tertiary/aromatic N) is 1. The number of aromatic nitrogens is 1. The van der Waals surface area contributed by atoms with Crippen LogP contribution in [-0.4, -0.2) is 35.7 Å². The molecule has 0 aliphatic heterocycles. The van der Waals surface area contributed by atoms with Gasteiger partial charge in [-0.15, -0.1) is 12.4 Å². The third kappa shape index (κ3) is 4.57. The van der Waals surface area contributed by atoms with Crippen molar-refractivity contribution in [2.75, 3.05) is 19.0 Å². The van der Waals surface area contributed by atoms with Gasteiger partial charge >= 0.3 is 11.9 Å². The van der Waals surface area contributed by atoms with Gasteiger partial charge in [-0.3, -0.25) is 4.98 Å². The lowest BCUT2D eigenvalue weighted by atomic mass is 10.1. The first-order valence-electron chi connectivity index (χ1n) is 8.69. The standard InChI is InChI=1S/C21H20N2O5.ClH/c1-4-28-21(26)16-11-22-17-8-7-14(27-3)10-15(17)19(16)23-18-9-13(20(24)25)6-5-12(18)2;/h5-11H,4H2,1-3H3,(H,22,23)(H,24,25);1H. The van der Waals surface area contributed by atoms with Crippen molar-refractivity contribution in [3.63, 3.8) is 0 Å². The molecular formula is C21H21ClN2O5. The molecule has 29 heavy (non-hydrogen) atoms. The van der Waals surface area contributed by atoms with Crippen LogP contribution in [0.15, 0.2) is 42.6 Å². The molecule has 0 unspecified atom stereocenters. The summed E-state index contributed by atoms with van der Waals surface area (Å²) in [6.45, 7) is 3.80. The van der Waals surface area contributed by atoms with E-state index in [0.717, 1.165) is 5.56 Å². The highest BCUT2D eigenvalue weighted by atomic mass is 35.5. The zero-order chi connectivity index (χ0) is 20.3. The number of carboxylic acids is 1. The van der Waals surface area contributed by atoms with E-state index in [-0.39, 0.29) is 30.1 Å². The molecule has 7 nitrogen and oxygen atoms in total. The minimum absolute atomic E-state index is 0. The van der Waals surface area contributed by atoms with Gasteiger partial charge in [0.25, 0.3) is 0 Å². The van der Waals surface area contributed by atoms with E-state index in [4.69, 9.17) is 9.47 Å². The molecular weight excluding hydrogens is 396 g/mol. The van der Waals surface area contributed by atoms with Gasteiger partial charge in [0.05, 0.1) is 30.5 Å². The van der Waals surface area contributed by atoms with Crippen LogP contribution in [0.25, 0.3) is 10.9 Å². The van der Waals surface area contributed by atoms with Crippen LogP contribution in [0.2, 0.25) is 0 Å². The summed E-state index contributed by atoms with van der Waals surface area (Å²) in [5.74, 6) is -0.946. The Hall–Kier alpha value is -3.32. The number of benzene rings is 2. The van der Waals surface area contributed by atoms with Crippen molar-refractivity contribution in [3.8, 4) is 5.75 Å². The Balaban J connectivity index is 0.00000300. The molecule has 2 aromatic carbocycles. The van der Waals surface area contributed by atoms with E-state index in [0.29, 0.717) is 28.0 Å². The first-order valence-corrected chi connectivity index (χ1v) is 8.69. The van der Waals surface area contributed by atoms with Gasteiger partial charge in [0, 0.05) is 17.3 Å². The molecule has 3 rings (SSSR count). The number of rotatable bonds is 6. The fourth-order valence-corrected chi connectivity index (χ4v) is 2.82. The third-order valence-corrected chi connectivity index (χ3v) is 4.31. The molecule has 0 amide bonds. The number of esters is 1. The number of carbonyl (C=O) groups excluding carboxylic acids is 1. The Morgan fingerprint density at radius 3 is 2.59 bits per heavy atom. The van der Waals surface area contributed by atoms with E-state index in [2.05, 4.69) is 10.3 Å². The second kappa shape index (κ2) is 9.25. The van der Waals surface area contributed by atoms with Gasteiger partial charge in [-0.25, -0.2) is 9.59 Å². The van der Waals surface area contributed by atoms with Crippen molar-refractivity contribution in [1.29, 1.82) is 0 Å². The van der Waals surface area contributed by atoms with Crippen LogP contribution >= 0.6 is 12.4 Å². The summed E-state index contributed by atoms with van der Waals surface area (Å²) in [5.41, 5.74) is 2.93. The molecule has 2 N–H and O–H groups in total. The minimum atomic E-state index is -1.03. The van der Waals surface area contributed by atoms with E-state index in [1.54, 1.807) is 38.3 Å². The Bertz CT molecular complexity index is 1070. The number of carboxylic acid groups (broad SMARTS) is 1. The van der Waals surface area contributed by atoms with Gasteiger partial charge < -0.3 is 19.9 Å². The lowest BCUT2D eigenvalue weighted by Gasteiger charge is -2.16. The number of aryl methyl sites for hydroxylation is 1. The second-order valence-corrected chi connectivity index (χ2v) is 6.11. The number of hydrogen-bond acceptors (Lipinski definition) is 6. The van der Waals surface area contributed by atoms with Crippen molar-refractivity contribution in [1.82, 2.24) is 4.98 Å². The van der Waals surface area contributed by atoms with Crippen LogP contribution in [0, 0.1) is 6.92 Å². The van der Waals surface area contributed by atoms with Gasteiger partial charge in [0.1, 0.15) is 11.3 Å². The molecule has 3 aromatic rings. The molecule has 0 atom stereocenters. The molecule has 0 spiro atoms. The molecule has 0 fully saturated rings. The molecule has 8 heteroatoms. The Kier molecular flexibility index (Phi) is 7.01. The Labute approximate surface area is 174 Å². The zero-order valence-corrected chi connectivity index (χ0v) is 17.0. The quantitative estimate of drug-likeness (QED) is 0.567. The third-order valence-electron chi connectivity index (χ3n) is 4.31. The molecule has 0 aliphatic rings. The van der Waals surface area contributed by atoms with E-state index >= 15 is 0 Å². The maximum Gasteiger partial charge on any atom is 0.341 e. The van der Waals surface area contributed by atoms with Gasteiger partial charge in [-0.2, -0.15) is 0 Å². The summed E-state index contributed by atoms with van der Waals surface area (Å²) in [5, 5.41) is 13.2. The summed E-state index contributed by atoms with van der Waals surface area (Å²) in [6.07, 6.45) is 1.45. The van der Waals surface area contributed by atoms with Crippen LogP contribution in [0.3, 0.4) is 0 Å². The zero-order valence-electron chi connectivity index (χ0n) is 16.2. The fourth-order valence-electron chi connectivity index (χ4n) is 2.82. The smallest absolute Gasteiger partial charge is 0.341 e. The van der Waals surface area contributed by atoms with Crippen molar-refractivity contribution >= 4 is 46.6 Å². The van der Waals surface area contributed by atoms with Crippen LogP contribution in [0.4, 0.5) is 11.4 Å². The van der Waals surface area contributed by atoms with Crippen molar-refractivity contribution in [3.05, 3.63) is 59.3 Å². The average molecular weight is 417 g/mol. The molecule has 0 aliphatic carbocycles. The maximum absolute atomic E-state index is 12.5. The molecule has 0 bridgehead atoms. The molecule has 1 heterocycles. The number of carbonyl (C=O) groups is 2. The number of pyridine rings is 1. The Morgan fingerprint density at radius 2 is 1.93 bits per heavy atom. The molecule has 0 saturated carbocycles. The molecule has 1 aromatic heterocycles. The van der Waals surface area contributed by atoms with E-state index < -0.39 is 11.9 Å². The van der Waals surface area contributed by atoms with Gasteiger partial charge in [0.15, 0.2) is 0 Å². The molecule has 152 valence electrons. The summed E-state index contributed by atoms with van der Waals surface area (Å²) < 4.78 is 10.5.